The molecule has 2 aromatic rings. The van der Waals surface area contributed by atoms with Gasteiger partial charge in [-0.1, -0.05) is 18.2 Å². The van der Waals surface area contributed by atoms with E-state index in [2.05, 4.69) is 5.32 Å². The van der Waals surface area contributed by atoms with Crippen LogP contribution in [0.25, 0.3) is 0 Å². The summed E-state index contributed by atoms with van der Waals surface area (Å²) < 4.78 is 5.37. The third kappa shape index (κ3) is 3.32. The van der Waals surface area contributed by atoms with Crippen LogP contribution in [0.4, 0.5) is 11.4 Å². The minimum atomic E-state index is -0.272. The van der Waals surface area contributed by atoms with Gasteiger partial charge in [-0.05, 0) is 36.8 Å². The van der Waals surface area contributed by atoms with Crippen LogP contribution < -0.4 is 15.0 Å². The van der Waals surface area contributed by atoms with Crippen molar-refractivity contribution in [3.63, 3.8) is 0 Å². The van der Waals surface area contributed by atoms with Crippen LogP contribution >= 0.6 is 0 Å². The van der Waals surface area contributed by atoms with Crippen molar-refractivity contribution < 1.29 is 19.4 Å². The predicted octanol–water partition coefficient (Wildman–Crippen LogP) is 2.45. The van der Waals surface area contributed by atoms with Crippen molar-refractivity contribution in [2.75, 3.05) is 23.4 Å². The topological polar surface area (TPSA) is 78.9 Å². The number of para-hydroxylation sites is 2. The molecule has 2 amide bonds. The number of anilines is 2. The summed E-state index contributed by atoms with van der Waals surface area (Å²) in [4.78, 5) is 25.7. The monoisotopic (exact) mass is 326 g/mol. The standard InChI is InChI=1S/C18H18N2O4/c1-12-6-7-13(15(21)10-12)19-17(22)8-9-20-14-4-2-3-5-16(14)24-11-18(20)23/h2-7,10,21H,8-9,11H2,1H3,(H,19,22). The van der Waals surface area contributed by atoms with E-state index in [4.69, 9.17) is 4.74 Å². The molecule has 1 aliphatic rings. The molecule has 0 unspecified atom stereocenters. The number of aryl methyl sites for hydroxylation is 1. The molecule has 0 spiro atoms. The Morgan fingerprint density at radius 1 is 1.29 bits per heavy atom. The number of carbonyl (C=O) groups excluding carboxylic acids is 2. The molecule has 0 fully saturated rings. The van der Waals surface area contributed by atoms with Crippen molar-refractivity contribution in [2.24, 2.45) is 0 Å². The Labute approximate surface area is 139 Å². The molecule has 0 radical (unpaired) electrons. The Hall–Kier alpha value is -3.02. The molecule has 1 aliphatic heterocycles. The summed E-state index contributed by atoms with van der Waals surface area (Å²) in [5, 5.41) is 12.5. The van der Waals surface area contributed by atoms with E-state index >= 15 is 0 Å². The lowest BCUT2D eigenvalue weighted by Crippen LogP contribution is -2.40. The number of benzene rings is 2. The second-order valence-corrected chi connectivity index (χ2v) is 5.62. The number of nitrogens with zero attached hydrogens (tertiary/aromatic N) is 1. The summed E-state index contributed by atoms with van der Waals surface area (Å²) in [5.74, 6) is 0.204. The van der Waals surface area contributed by atoms with Crippen molar-refractivity contribution in [1.29, 1.82) is 0 Å². The lowest BCUT2D eigenvalue weighted by molar-refractivity contribution is -0.121. The van der Waals surface area contributed by atoms with Crippen LogP contribution in [0, 0.1) is 6.92 Å². The minimum Gasteiger partial charge on any atom is -0.506 e. The maximum Gasteiger partial charge on any atom is 0.265 e. The molecule has 2 aromatic carbocycles. The first kappa shape index (κ1) is 15.9. The highest BCUT2D eigenvalue weighted by Gasteiger charge is 2.25. The number of phenolic OH excluding ortho intramolecular Hbond substituents is 1. The van der Waals surface area contributed by atoms with Gasteiger partial charge in [-0.25, -0.2) is 0 Å². The van der Waals surface area contributed by atoms with Crippen molar-refractivity contribution in [3.8, 4) is 11.5 Å². The first-order valence-electron chi connectivity index (χ1n) is 7.66. The number of rotatable bonds is 4. The van der Waals surface area contributed by atoms with Gasteiger partial charge in [0.05, 0.1) is 11.4 Å². The molecule has 6 heteroatoms. The number of amides is 2. The highest BCUT2D eigenvalue weighted by Crippen LogP contribution is 2.31. The summed E-state index contributed by atoms with van der Waals surface area (Å²) in [6, 6.07) is 12.3. The lowest BCUT2D eigenvalue weighted by Gasteiger charge is -2.29. The van der Waals surface area contributed by atoms with Gasteiger partial charge in [0.25, 0.3) is 5.91 Å². The second-order valence-electron chi connectivity index (χ2n) is 5.62. The summed E-state index contributed by atoms with van der Waals surface area (Å²) in [5.41, 5.74) is 1.93. The fourth-order valence-electron chi connectivity index (χ4n) is 2.57. The third-order valence-corrected chi connectivity index (χ3v) is 3.80. The quantitative estimate of drug-likeness (QED) is 0.846. The minimum absolute atomic E-state index is 0.0242. The molecule has 0 atom stereocenters. The molecule has 0 aromatic heterocycles. The van der Waals surface area contributed by atoms with Gasteiger partial charge in [-0.15, -0.1) is 0 Å². The molecule has 0 saturated carbocycles. The van der Waals surface area contributed by atoms with E-state index in [1.807, 2.05) is 19.1 Å². The number of phenols is 1. The lowest BCUT2D eigenvalue weighted by atomic mass is 10.2. The van der Waals surface area contributed by atoms with Gasteiger partial charge >= 0.3 is 0 Å². The number of aromatic hydroxyl groups is 1. The van der Waals surface area contributed by atoms with Gasteiger partial charge < -0.3 is 20.1 Å². The predicted molar refractivity (Wildman–Crippen MR) is 90.4 cm³/mol. The normalized spacial score (nSPS) is 13.2. The average molecular weight is 326 g/mol. The highest BCUT2D eigenvalue weighted by molar-refractivity contribution is 5.99. The van der Waals surface area contributed by atoms with Gasteiger partial charge in [0.1, 0.15) is 11.5 Å². The average Bonchev–Trinajstić information content (AvgIpc) is 2.56. The van der Waals surface area contributed by atoms with Crippen LogP contribution in [0.3, 0.4) is 0 Å². The fraction of sp³-hybridized carbons (Fsp3) is 0.222. The maximum absolute atomic E-state index is 12.1. The van der Waals surface area contributed by atoms with Crippen LogP contribution in [-0.2, 0) is 9.59 Å². The molecular formula is C18H18N2O4. The van der Waals surface area contributed by atoms with E-state index in [1.165, 1.54) is 0 Å². The highest BCUT2D eigenvalue weighted by atomic mass is 16.5. The molecule has 24 heavy (non-hydrogen) atoms. The van der Waals surface area contributed by atoms with Gasteiger partial charge in [-0.3, -0.25) is 9.59 Å². The Kier molecular flexibility index (Phi) is 4.37. The van der Waals surface area contributed by atoms with Crippen molar-refractivity contribution in [3.05, 3.63) is 48.0 Å². The summed E-state index contributed by atoms with van der Waals surface area (Å²) in [6.45, 7) is 2.07. The first-order chi connectivity index (χ1) is 11.5. The Balaban J connectivity index is 1.65. The molecule has 124 valence electrons. The fourth-order valence-corrected chi connectivity index (χ4v) is 2.57. The number of hydrogen-bond donors (Lipinski definition) is 2. The van der Waals surface area contributed by atoms with Crippen LogP contribution in [0.2, 0.25) is 0 Å². The molecular weight excluding hydrogens is 308 g/mol. The molecule has 1 heterocycles. The molecule has 6 nitrogen and oxygen atoms in total. The SMILES string of the molecule is Cc1ccc(NC(=O)CCN2C(=O)COc3ccccc32)c(O)c1. The van der Waals surface area contributed by atoms with E-state index in [-0.39, 0.29) is 37.1 Å². The number of nitrogens with one attached hydrogen (secondary N) is 1. The van der Waals surface area contributed by atoms with Crippen LogP contribution in [0.5, 0.6) is 11.5 Å². The summed E-state index contributed by atoms with van der Waals surface area (Å²) >= 11 is 0. The van der Waals surface area contributed by atoms with Gasteiger partial charge in [-0.2, -0.15) is 0 Å². The van der Waals surface area contributed by atoms with Crippen LogP contribution in [0.15, 0.2) is 42.5 Å². The largest absolute Gasteiger partial charge is 0.506 e. The van der Waals surface area contributed by atoms with E-state index in [0.29, 0.717) is 17.1 Å². The molecule has 0 saturated heterocycles. The van der Waals surface area contributed by atoms with E-state index in [9.17, 15) is 14.7 Å². The first-order valence-corrected chi connectivity index (χ1v) is 7.66. The summed E-state index contributed by atoms with van der Waals surface area (Å²) in [6.07, 6.45) is 0.118. The third-order valence-electron chi connectivity index (χ3n) is 3.80. The van der Waals surface area contributed by atoms with Crippen molar-refractivity contribution >= 4 is 23.2 Å². The van der Waals surface area contributed by atoms with E-state index in [1.54, 1.807) is 35.2 Å². The number of ether oxygens (including phenoxy) is 1. The van der Waals surface area contributed by atoms with Crippen LogP contribution in [-0.4, -0.2) is 30.1 Å². The van der Waals surface area contributed by atoms with E-state index < -0.39 is 0 Å². The van der Waals surface area contributed by atoms with Gasteiger partial charge in [0.2, 0.25) is 5.91 Å². The van der Waals surface area contributed by atoms with Gasteiger partial charge in [0.15, 0.2) is 6.61 Å². The van der Waals surface area contributed by atoms with E-state index in [0.717, 1.165) is 5.56 Å². The molecule has 3 rings (SSSR count). The maximum atomic E-state index is 12.1. The zero-order valence-corrected chi connectivity index (χ0v) is 13.3. The van der Waals surface area contributed by atoms with Gasteiger partial charge in [0, 0.05) is 13.0 Å². The van der Waals surface area contributed by atoms with Crippen molar-refractivity contribution in [2.45, 2.75) is 13.3 Å². The van der Waals surface area contributed by atoms with Crippen LogP contribution in [0.1, 0.15) is 12.0 Å². The second kappa shape index (κ2) is 6.62. The molecule has 0 aliphatic carbocycles. The Bertz CT molecular complexity index is 788. The Morgan fingerprint density at radius 2 is 2.08 bits per heavy atom. The Morgan fingerprint density at radius 3 is 2.88 bits per heavy atom. The summed E-state index contributed by atoms with van der Waals surface area (Å²) in [7, 11) is 0. The zero-order chi connectivity index (χ0) is 17.1. The number of hydrogen-bond acceptors (Lipinski definition) is 4. The zero-order valence-electron chi connectivity index (χ0n) is 13.3. The van der Waals surface area contributed by atoms with Crippen molar-refractivity contribution in [1.82, 2.24) is 0 Å². The number of carbonyl (C=O) groups is 2. The smallest absolute Gasteiger partial charge is 0.265 e. The molecule has 0 bridgehead atoms. The number of fused-ring (bicyclic) bond motifs is 1. The molecule has 2 N–H and O–H groups in total.